The fraction of sp³-hybridized carbons (Fsp3) is 0.882. The Bertz CT molecular complexity index is 429. The second-order valence-electron chi connectivity index (χ2n) is 6.61. The molecule has 2 rings (SSSR count). The lowest BCUT2D eigenvalue weighted by atomic mass is 9.99. The first kappa shape index (κ1) is 21.5. The number of ether oxygens (including phenoxy) is 1. The number of methoxy groups -OCH3 is 1. The van der Waals surface area contributed by atoms with Crippen LogP contribution in [0.25, 0.3) is 0 Å². The quantitative estimate of drug-likeness (QED) is 0.276. The van der Waals surface area contributed by atoms with Gasteiger partial charge in [-0.15, -0.1) is 24.0 Å². The molecule has 0 spiro atoms. The van der Waals surface area contributed by atoms with Crippen molar-refractivity contribution >= 4 is 35.9 Å². The second kappa shape index (κ2) is 10.4. The summed E-state index contributed by atoms with van der Waals surface area (Å²) < 4.78 is 4.92. The molecule has 0 aromatic carbocycles. The first-order valence-electron chi connectivity index (χ1n) is 8.95. The first-order valence-corrected chi connectivity index (χ1v) is 8.95. The topological polar surface area (TPSA) is 57.2 Å². The molecule has 2 atom stereocenters. The van der Waals surface area contributed by atoms with Gasteiger partial charge in [-0.2, -0.15) is 0 Å². The zero-order chi connectivity index (χ0) is 16.8. The third-order valence-corrected chi connectivity index (χ3v) is 4.87. The fourth-order valence-corrected chi connectivity index (χ4v) is 3.35. The summed E-state index contributed by atoms with van der Waals surface area (Å²) in [6, 6.07) is 0.785. The molecule has 0 aromatic heterocycles. The smallest absolute Gasteiger partial charge is 0.310 e. The highest BCUT2D eigenvalue weighted by Gasteiger charge is 2.36. The van der Waals surface area contributed by atoms with Crippen molar-refractivity contribution < 1.29 is 9.53 Å². The van der Waals surface area contributed by atoms with Crippen LogP contribution in [0.1, 0.15) is 33.6 Å². The number of nitrogens with zero attached hydrogens (tertiary/aromatic N) is 3. The molecule has 1 heterocycles. The second-order valence-corrected chi connectivity index (χ2v) is 6.61. The van der Waals surface area contributed by atoms with Crippen molar-refractivity contribution in [2.24, 2.45) is 16.8 Å². The number of aliphatic imine (C=N–C) groups is 1. The predicted molar refractivity (Wildman–Crippen MR) is 108 cm³/mol. The maximum atomic E-state index is 11.9. The van der Waals surface area contributed by atoms with Crippen molar-refractivity contribution in [3.8, 4) is 0 Å². The lowest BCUT2D eigenvalue weighted by Crippen LogP contribution is -2.41. The number of hydrogen-bond acceptors (Lipinski definition) is 4. The monoisotopic (exact) mass is 452 g/mol. The molecule has 1 aliphatic carbocycles. The van der Waals surface area contributed by atoms with Crippen LogP contribution < -0.4 is 5.32 Å². The highest BCUT2D eigenvalue weighted by molar-refractivity contribution is 14.0. The molecule has 2 unspecified atom stereocenters. The summed E-state index contributed by atoms with van der Waals surface area (Å²) in [7, 11) is 1.47. The van der Waals surface area contributed by atoms with Crippen LogP contribution in [0.15, 0.2) is 4.99 Å². The van der Waals surface area contributed by atoms with E-state index in [1.807, 2.05) is 0 Å². The molecule has 24 heavy (non-hydrogen) atoms. The molecule has 6 nitrogen and oxygen atoms in total. The number of likely N-dealkylation sites (tertiary alicyclic amines) is 1. The summed E-state index contributed by atoms with van der Waals surface area (Å²) in [5, 5.41) is 3.36. The molecular formula is C17H33IN4O2. The summed E-state index contributed by atoms with van der Waals surface area (Å²) in [6.07, 6.45) is 2.67. The molecule has 7 heteroatoms. The van der Waals surface area contributed by atoms with Crippen LogP contribution in [0.4, 0.5) is 0 Å². The number of likely N-dealkylation sites (N-methyl/N-ethyl adjacent to an activating group) is 1. The number of rotatable bonds is 7. The van der Waals surface area contributed by atoms with Crippen molar-refractivity contribution in [2.75, 3.05) is 46.4 Å². The van der Waals surface area contributed by atoms with Gasteiger partial charge < -0.3 is 15.0 Å². The van der Waals surface area contributed by atoms with E-state index < -0.39 is 0 Å². The molecule has 0 bridgehead atoms. The molecule has 1 aliphatic heterocycles. The van der Waals surface area contributed by atoms with E-state index in [2.05, 4.69) is 35.9 Å². The number of guanidine groups is 1. The minimum Gasteiger partial charge on any atom is -0.469 e. The van der Waals surface area contributed by atoms with Gasteiger partial charge in [0.1, 0.15) is 0 Å². The molecule has 0 amide bonds. The SMILES string of the molecule is CCNC(=NCCN(CC)C1CC1)N1CC(C)C(C(=O)OC)C1.I. The van der Waals surface area contributed by atoms with Crippen LogP contribution in [0, 0.1) is 11.8 Å². The summed E-state index contributed by atoms with van der Waals surface area (Å²) >= 11 is 0. The zero-order valence-corrected chi connectivity index (χ0v) is 17.8. The average Bonchev–Trinajstić information content (AvgIpc) is 3.31. The zero-order valence-electron chi connectivity index (χ0n) is 15.5. The molecule has 0 aromatic rings. The maximum absolute atomic E-state index is 11.9. The fourth-order valence-electron chi connectivity index (χ4n) is 3.35. The van der Waals surface area contributed by atoms with Crippen LogP contribution in [0.5, 0.6) is 0 Å². The Morgan fingerprint density at radius 3 is 2.58 bits per heavy atom. The summed E-state index contributed by atoms with van der Waals surface area (Å²) in [5.74, 6) is 1.06. The van der Waals surface area contributed by atoms with Crippen LogP contribution in [-0.4, -0.2) is 74.1 Å². The van der Waals surface area contributed by atoms with Crippen LogP contribution in [-0.2, 0) is 9.53 Å². The van der Waals surface area contributed by atoms with Crippen molar-refractivity contribution in [3.63, 3.8) is 0 Å². The lowest BCUT2D eigenvalue weighted by molar-refractivity contribution is -0.145. The van der Waals surface area contributed by atoms with E-state index in [0.29, 0.717) is 12.5 Å². The Hall–Kier alpha value is -0.570. The number of hydrogen-bond donors (Lipinski definition) is 1. The van der Waals surface area contributed by atoms with Gasteiger partial charge >= 0.3 is 5.97 Å². The highest BCUT2D eigenvalue weighted by Crippen LogP contribution is 2.26. The Kier molecular flexibility index (Phi) is 9.33. The van der Waals surface area contributed by atoms with Crippen LogP contribution in [0.2, 0.25) is 0 Å². The van der Waals surface area contributed by atoms with Gasteiger partial charge in [0, 0.05) is 32.2 Å². The molecule has 1 saturated heterocycles. The Morgan fingerprint density at radius 1 is 1.33 bits per heavy atom. The van der Waals surface area contributed by atoms with Gasteiger partial charge in [-0.1, -0.05) is 13.8 Å². The first-order chi connectivity index (χ1) is 11.1. The van der Waals surface area contributed by atoms with Crippen molar-refractivity contribution in [1.82, 2.24) is 15.1 Å². The Morgan fingerprint density at radius 2 is 2.04 bits per heavy atom. The summed E-state index contributed by atoms with van der Waals surface area (Å²) in [4.78, 5) is 21.4. The van der Waals surface area contributed by atoms with E-state index in [9.17, 15) is 4.79 Å². The predicted octanol–water partition coefficient (Wildman–Crippen LogP) is 1.80. The van der Waals surface area contributed by atoms with E-state index in [1.165, 1.54) is 20.0 Å². The van der Waals surface area contributed by atoms with Gasteiger partial charge in [0.05, 0.1) is 19.6 Å². The number of halogens is 1. The van der Waals surface area contributed by atoms with E-state index in [4.69, 9.17) is 9.73 Å². The Labute approximate surface area is 163 Å². The Balaban J connectivity index is 0.00000288. The number of nitrogens with one attached hydrogen (secondary N) is 1. The number of carbonyl (C=O) groups excluding carboxylic acids is 1. The largest absolute Gasteiger partial charge is 0.469 e. The van der Waals surface area contributed by atoms with Crippen LogP contribution >= 0.6 is 24.0 Å². The standard InChI is InChI=1S/C17H32N4O2.HI/c1-5-18-17(19-9-10-20(6-2)14-7-8-14)21-11-13(3)15(12-21)16(22)23-4;/h13-15H,5-12H2,1-4H3,(H,18,19);1H. The third kappa shape index (κ3) is 5.75. The molecule has 2 fully saturated rings. The normalized spacial score (nSPS) is 24.0. The molecule has 0 radical (unpaired) electrons. The van der Waals surface area contributed by atoms with Gasteiger partial charge in [0.2, 0.25) is 0 Å². The number of carbonyl (C=O) groups is 1. The molecule has 1 N–H and O–H groups in total. The highest BCUT2D eigenvalue weighted by atomic mass is 127. The minimum atomic E-state index is -0.110. The van der Waals surface area contributed by atoms with Gasteiger partial charge in [0.25, 0.3) is 0 Å². The van der Waals surface area contributed by atoms with E-state index in [0.717, 1.165) is 44.7 Å². The molecule has 1 saturated carbocycles. The van der Waals surface area contributed by atoms with E-state index in [1.54, 1.807) is 0 Å². The van der Waals surface area contributed by atoms with Crippen molar-refractivity contribution in [2.45, 2.75) is 39.7 Å². The van der Waals surface area contributed by atoms with Gasteiger partial charge in [0.15, 0.2) is 5.96 Å². The van der Waals surface area contributed by atoms with Crippen molar-refractivity contribution in [3.05, 3.63) is 0 Å². The average molecular weight is 452 g/mol. The summed E-state index contributed by atoms with van der Waals surface area (Å²) in [6.45, 7) is 11.7. The van der Waals surface area contributed by atoms with Gasteiger partial charge in [-0.3, -0.25) is 14.7 Å². The lowest BCUT2D eigenvalue weighted by Gasteiger charge is -2.23. The van der Waals surface area contributed by atoms with Gasteiger partial charge in [-0.05, 0) is 32.2 Å². The van der Waals surface area contributed by atoms with Gasteiger partial charge in [-0.25, -0.2) is 0 Å². The third-order valence-electron chi connectivity index (χ3n) is 4.87. The van der Waals surface area contributed by atoms with Crippen molar-refractivity contribution in [1.29, 1.82) is 0 Å². The van der Waals surface area contributed by atoms with Crippen LogP contribution in [0.3, 0.4) is 0 Å². The van der Waals surface area contributed by atoms with E-state index in [-0.39, 0.29) is 35.9 Å². The molecular weight excluding hydrogens is 419 g/mol. The number of esters is 1. The maximum Gasteiger partial charge on any atom is 0.310 e. The summed E-state index contributed by atoms with van der Waals surface area (Å²) in [5.41, 5.74) is 0. The minimum absolute atomic E-state index is 0. The molecule has 140 valence electrons. The van der Waals surface area contributed by atoms with E-state index >= 15 is 0 Å². The molecule has 2 aliphatic rings.